The average Bonchev–Trinajstić information content (AvgIpc) is 3.00. The maximum atomic E-state index is 12.1. The predicted octanol–water partition coefficient (Wildman–Crippen LogP) is 4.29. The van der Waals surface area contributed by atoms with Gasteiger partial charge < -0.3 is 4.74 Å². The van der Waals surface area contributed by atoms with Gasteiger partial charge >= 0.3 is 0 Å². The van der Waals surface area contributed by atoms with Crippen molar-refractivity contribution in [2.24, 2.45) is 5.10 Å². The van der Waals surface area contributed by atoms with Crippen LogP contribution in [-0.4, -0.2) is 28.5 Å². The van der Waals surface area contributed by atoms with E-state index in [1.165, 1.54) is 6.21 Å². The molecule has 7 heteroatoms. The molecule has 0 unspecified atom stereocenters. The number of ether oxygens (including phenoxy) is 1. The highest BCUT2D eigenvalue weighted by Gasteiger charge is 2.13. The number of nitrogens with one attached hydrogen (secondary N) is 1. The van der Waals surface area contributed by atoms with E-state index in [9.17, 15) is 4.79 Å². The third-order valence-electron chi connectivity index (χ3n) is 4.65. The number of hydrazone groups is 1. The molecule has 6 nitrogen and oxygen atoms in total. The molecule has 0 aliphatic heterocycles. The minimum Gasteiger partial charge on any atom is -0.483 e. The molecule has 0 atom stereocenters. The van der Waals surface area contributed by atoms with Gasteiger partial charge in [0, 0.05) is 0 Å². The second kappa shape index (κ2) is 8.92. The summed E-state index contributed by atoms with van der Waals surface area (Å²) >= 11 is 6.44. The topological polar surface area (TPSA) is 68.5 Å². The lowest BCUT2D eigenvalue weighted by Crippen LogP contribution is -2.25. The zero-order valence-electron chi connectivity index (χ0n) is 16.9. The summed E-state index contributed by atoms with van der Waals surface area (Å²) in [6.45, 7) is 7.64. The fourth-order valence-electron chi connectivity index (χ4n) is 2.88. The van der Waals surface area contributed by atoms with Gasteiger partial charge in [-0.25, -0.2) is 10.1 Å². The van der Waals surface area contributed by atoms with Crippen LogP contribution in [0.3, 0.4) is 0 Å². The number of halogens is 1. The average molecular weight is 411 g/mol. The Kier molecular flexibility index (Phi) is 6.34. The first kappa shape index (κ1) is 20.6. The summed E-state index contributed by atoms with van der Waals surface area (Å²) in [6.07, 6.45) is 1.49. The largest absolute Gasteiger partial charge is 0.483 e. The van der Waals surface area contributed by atoms with Gasteiger partial charge in [0.25, 0.3) is 5.91 Å². The van der Waals surface area contributed by atoms with Gasteiger partial charge in [0.2, 0.25) is 0 Å². The molecule has 0 aliphatic rings. The summed E-state index contributed by atoms with van der Waals surface area (Å²) in [5.74, 6) is 0.373. The van der Waals surface area contributed by atoms with Crippen LogP contribution in [0.4, 0.5) is 0 Å². The lowest BCUT2D eigenvalue weighted by Gasteiger charge is -2.13. The number of amides is 1. The summed E-state index contributed by atoms with van der Waals surface area (Å²) in [5, 5.41) is 8.87. The van der Waals surface area contributed by atoms with Crippen molar-refractivity contribution in [1.82, 2.24) is 15.2 Å². The monoisotopic (exact) mass is 410 g/mol. The minimum atomic E-state index is -0.356. The predicted molar refractivity (Wildman–Crippen MR) is 115 cm³/mol. The molecule has 1 N–H and O–H groups in total. The zero-order valence-corrected chi connectivity index (χ0v) is 17.6. The highest BCUT2D eigenvalue weighted by Crippen LogP contribution is 2.25. The van der Waals surface area contributed by atoms with Crippen LogP contribution < -0.4 is 10.2 Å². The van der Waals surface area contributed by atoms with Crippen LogP contribution in [0.2, 0.25) is 5.15 Å². The SMILES string of the molecule is Cc1ccc(C)c(OCC(=O)NN=Cc2c(C)nn(-c3ccccc3)c2Cl)c1C. The Labute approximate surface area is 175 Å². The molecule has 0 saturated heterocycles. The molecular weight excluding hydrogens is 388 g/mol. The van der Waals surface area contributed by atoms with E-state index in [-0.39, 0.29) is 12.5 Å². The van der Waals surface area contributed by atoms with Gasteiger partial charge in [-0.1, -0.05) is 41.9 Å². The van der Waals surface area contributed by atoms with E-state index in [0.717, 1.165) is 28.1 Å². The fraction of sp³-hybridized carbons (Fsp3) is 0.227. The molecule has 0 saturated carbocycles. The van der Waals surface area contributed by atoms with Crippen LogP contribution in [-0.2, 0) is 4.79 Å². The number of carbonyl (C=O) groups excluding carboxylic acids is 1. The van der Waals surface area contributed by atoms with Gasteiger partial charge in [0.15, 0.2) is 6.61 Å². The maximum Gasteiger partial charge on any atom is 0.277 e. The summed E-state index contributed by atoms with van der Waals surface area (Å²) in [7, 11) is 0. The summed E-state index contributed by atoms with van der Waals surface area (Å²) in [5.41, 5.74) is 7.79. The third kappa shape index (κ3) is 4.66. The first-order chi connectivity index (χ1) is 13.9. The van der Waals surface area contributed by atoms with E-state index < -0.39 is 0 Å². The van der Waals surface area contributed by atoms with E-state index in [0.29, 0.717) is 16.4 Å². The lowest BCUT2D eigenvalue weighted by molar-refractivity contribution is -0.123. The normalized spacial score (nSPS) is 11.1. The van der Waals surface area contributed by atoms with E-state index in [4.69, 9.17) is 16.3 Å². The van der Waals surface area contributed by atoms with Crippen LogP contribution in [0, 0.1) is 27.7 Å². The molecule has 0 radical (unpaired) electrons. The van der Waals surface area contributed by atoms with Crippen molar-refractivity contribution in [3.8, 4) is 11.4 Å². The molecule has 150 valence electrons. The Morgan fingerprint density at radius 3 is 2.55 bits per heavy atom. The lowest BCUT2D eigenvalue weighted by atomic mass is 10.1. The van der Waals surface area contributed by atoms with Gasteiger partial charge in [-0.15, -0.1) is 0 Å². The number of hydrogen-bond donors (Lipinski definition) is 1. The molecule has 0 bridgehead atoms. The molecule has 2 aromatic carbocycles. The van der Waals surface area contributed by atoms with Gasteiger partial charge in [0.05, 0.1) is 23.2 Å². The van der Waals surface area contributed by atoms with Crippen molar-refractivity contribution in [1.29, 1.82) is 0 Å². The fourth-order valence-corrected chi connectivity index (χ4v) is 3.21. The van der Waals surface area contributed by atoms with Crippen LogP contribution in [0.1, 0.15) is 27.9 Å². The van der Waals surface area contributed by atoms with Crippen molar-refractivity contribution in [2.45, 2.75) is 27.7 Å². The Balaban J connectivity index is 1.64. The number of para-hydroxylation sites is 1. The molecule has 0 fully saturated rings. The number of aryl methyl sites for hydroxylation is 3. The molecule has 29 heavy (non-hydrogen) atoms. The van der Waals surface area contributed by atoms with Gasteiger partial charge in [-0.3, -0.25) is 4.79 Å². The molecule has 1 amide bonds. The zero-order chi connectivity index (χ0) is 21.0. The molecule has 3 aromatic rings. The van der Waals surface area contributed by atoms with Crippen LogP contribution in [0.25, 0.3) is 5.69 Å². The van der Waals surface area contributed by atoms with E-state index in [1.54, 1.807) is 4.68 Å². The van der Waals surface area contributed by atoms with Crippen molar-refractivity contribution >= 4 is 23.7 Å². The first-order valence-electron chi connectivity index (χ1n) is 9.20. The van der Waals surface area contributed by atoms with E-state index in [1.807, 2.05) is 70.2 Å². The summed E-state index contributed by atoms with van der Waals surface area (Å²) in [6, 6.07) is 13.6. The third-order valence-corrected chi connectivity index (χ3v) is 5.02. The standard InChI is InChI=1S/C22H23ClN4O2/c1-14-10-11-15(2)21(16(14)3)29-13-20(28)25-24-12-19-17(4)26-27(22(19)23)18-8-6-5-7-9-18/h5-12H,13H2,1-4H3,(H,25,28). The van der Waals surface area contributed by atoms with Crippen LogP contribution >= 0.6 is 11.6 Å². The van der Waals surface area contributed by atoms with Gasteiger partial charge in [-0.2, -0.15) is 10.2 Å². The molecule has 1 heterocycles. The van der Waals surface area contributed by atoms with E-state index >= 15 is 0 Å². The number of carbonyl (C=O) groups is 1. The smallest absolute Gasteiger partial charge is 0.277 e. The molecule has 1 aromatic heterocycles. The Bertz CT molecular complexity index is 1060. The molecule has 3 rings (SSSR count). The van der Waals surface area contributed by atoms with E-state index in [2.05, 4.69) is 15.6 Å². The number of rotatable bonds is 6. The van der Waals surface area contributed by atoms with Crippen molar-refractivity contribution in [3.63, 3.8) is 0 Å². The molecular formula is C22H23ClN4O2. The maximum absolute atomic E-state index is 12.1. The highest BCUT2D eigenvalue weighted by molar-refractivity contribution is 6.32. The second-order valence-corrected chi connectivity index (χ2v) is 7.13. The Hall–Kier alpha value is -3.12. The Morgan fingerprint density at radius 2 is 1.83 bits per heavy atom. The summed E-state index contributed by atoms with van der Waals surface area (Å²) < 4.78 is 7.33. The molecule has 0 aliphatic carbocycles. The van der Waals surface area contributed by atoms with Gasteiger partial charge in [-0.05, 0) is 56.5 Å². The van der Waals surface area contributed by atoms with Crippen molar-refractivity contribution in [2.75, 3.05) is 6.61 Å². The van der Waals surface area contributed by atoms with Crippen LogP contribution in [0.15, 0.2) is 47.6 Å². The second-order valence-electron chi connectivity index (χ2n) is 6.77. The quantitative estimate of drug-likeness (QED) is 0.487. The first-order valence-corrected chi connectivity index (χ1v) is 9.58. The summed E-state index contributed by atoms with van der Waals surface area (Å²) in [4.78, 5) is 12.1. The minimum absolute atomic E-state index is 0.127. The Morgan fingerprint density at radius 1 is 1.14 bits per heavy atom. The number of hydrogen-bond acceptors (Lipinski definition) is 4. The number of benzene rings is 2. The van der Waals surface area contributed by atoms with Gasteiger partial charge in [0.1, 0.15) is 10.9 Å². The van der Waals surface area contributed by atoms with Crippen molar-refractivity contribution < 1.29 is 9.53 Å². The van der Waals surface area contributed by atoms with Crippen molar-refractivity contribution in [3.05, 3.63) is 75.6 Å². The number of aromatic nitrogens is 2. The number of nitrogens with zero attached hydrogens (tertiary/aromatic N) is 3. The molecule has 0 spiro atoms. The van der Waals surface area contributed by atoms with Crippen LogP contribution in [0.5, 0.6) is 5.75 Å². The highest BCUT2D eigenvalue weighted by atomic mass is 35.5.